The van der Waals surface area contributed by atoms with Crippen LogP contribution in [0.3, 0.4) is 0 Å². The van der Waals surface area contributed by atoms with E-state index >= 15 is 0 Å². The normalized spacial score (nSPS) is 11.4. The third kappa shape index (κ3) is 5.23. The molecule has 152 valence electrons. The first-order chi connectivity index (χ1) is 14.0. The maximum Gasteiger partial charge on any atom is 0.295 e. The second-order valence-electron chi connectivity index (χ2n) is 6.91. The molecule has 0 saturated heterocycles. The average Bonchev–Trinajstić information content (AvgIpc) is 3.01. The SMILES string of the molecule is CCCCCCOc1ccc(C(=O)N=Nc2c(O)[nH]c3cc(Br)c(C)cc23)cc1. The van der Waals surface area contributed by atoms with Crippen LogP contribution in [0.15, 0.2) is 51.1 Å². The minimum absolute atomic E-state index is 0.124. The molecule has 1 heterocycles. The Morgan fingerprint density at radius 2 is 1.93 bits per heavy atom. The van der Waals surface area contributed by atoms with Gasteiger partial charge in [0.2, 0.25) is 5.88 Å². The van der Waals surface area contributed by atoms with Gasteiger partial charge in [0.25, 0.3) is 5.91 Å². The van der Waals surface area contributed by atoms with Crippen LogP contribution >= 0.6 is 15.9 Å². The zero-order valence-electron chi connectivity index (χ0n) is 16.5. The minimum Gasteiger partial charge on any atom is -0.494 e. The topological polar surface area (TPSA) is 87.0 Å². The molecule has 1 aromatic heterocycles. The lowest BCUT2D eigenvalue weighted by Gasteiger charge is -2.06. The van der Waals surface area contributed by atoms with Crippen LogP contribution in [0.1, 0.15) is 48.5 Å². The van der Waals surface area contributed by atoms with Gasteiger partial charge in [-0.3, -0.25) is 4.79 Å². The van der Waals surface area contributed by atoms with Crippen LogP contribution in [0.25, 0.3) is 10.9 Å². The van der Waals surface area contributed by atoms with Gasteiger partial charge in [-0.2, -0.15) is 0 Å². The molecule has 3 aromatic rings. The van der Waals surface area contributed by atoms with E-state index in [2.05, 4.69) is 38.1 Å². The zero-order valence-corrected chi connectivity index (χ0v) is 18.1. The number of ether oxygens (including phenoxy) is 1. The molecule has 0 atom stereocenters. The number of aromatic hydroxyl groups is 1. The van der Waals surface area contributed by atoms with Gasteiger partial charge in [-0.15, -0.1) is 10.2 Å². The summed E-state index contributed by atoms with van der Waals surface area (Å²) in [7, 11) is 0. The number of amides is 1. The highest BCUT2D eigenvalue weighted by Crippen LogP contribution is 2.37. The summed E-state index contributed by atoms with van der Waals surface area (Å²) in [6.45, 7) is 4.78. The predicted molar refractivity (Wildman–Crippen MR) is 117 cm³/mol. The maximum absolute atomic E-state index is 12.4. The number of unbranched alkanes of at least 4 members (excludes halogenated alkanes) is 3. The van der Waals surface area contributed by atoms with Gasteiger partial charge in [0.15, 0.2) is 5.69 Å². The maximum atomic E-state index is 12.4. The lowest BCUT2D eigenvalue weighted by atomic mass is 10.1. The molecule has 3 rings (SSSR count). The van der Waals surface area contributed by atoms with Crippen molar-refractivity contribution in [3.05, 3.63) is 52.0 Å². The fraction of sp³-hybridized carbons (Fsp3) is 0.318. The summed E-state index contributed by atoms with van der Waals surface area (Å²) in [4.78, 5) is 15.2. The number of aromatic amines is 1. The molecule has 0 fully saturated rings. The van der Waals surface area contributed by atoms with E-state index in [4.69, 9.17) is 4.74 Å². The lowest BCUT2D eigenvalue weighted by molar-refractivity contribution is 0.0995. The summed E-state index contributed by atoms with van der Waals surface area (Å²) in [5.41, 5.74) is 2.35. The van der Waals surface area contributed by atoms with E-state index in [1.807, 2.05) is 19.1 Å². The van der Waals surface area contributed by atoms with Gasteiger partial charge in [-0.05, 0) is 55.3 Å². The number of fused-ring (bicyclic) bond motifs is 1. The van der Waals surface area contributed by atoms with E-state index in [1.54, 1.807) is 24.3 Å². The van der Waals surface area contributed by atoms with Crippen molar-refractivity contribution in [2.75, 3.05) is 6.61 Å². The molecule has 0 aliphatic heterocycles. The number of carbonyl (C=O) groups excluding carboxylic acids is 1. The van der Waals surface area contributed by atoms with E-state index in [1.165, 1.54) is 12.8 Å². The Labute approximate surface area is 178 Å². The molecule has 7 heteroatoms. The number of aromatic nitrogens is 1. The number of rotatable bonds is 8. The lowest BCUT2D eigenvalue weighted by Crippen LogP contribution is -1.98. The first kappa shape index (κ1) is 21.0. The molecule has 0 unspecified atom stereocenters. The van der Waals surface area contributed by atoms with Gasteiger partial charge < -0.3 is 14.8 Å². The molecule has 2 aromatic carbocycles. The van der Waals surface area contributed by atoms with Crippen LogP contribution in [0, 0.1) is 6.92 Å². The first-order valence-electron chi connectivity index (χ1n) is 9.69. The van der Waals surface area contributed by atoms with Gasteiger partial charge >= 0.3 is 0 Å². The highest BCUT2D eigenvalue weighted by molar-refractivity contribution is 9.10. The molecular formula is C22H24BrN3O3. The molecule has 0 saturated carbocycles. The average molecular weight is 458 g/mol. The number of hydrogen-bond donors (Lipinski definition) is 2. The summed E-state index contributed by atoms with van der Waals surface area (Å²) in [6, 6.07) is 10.6. The second kappa shape index (κ2) is 9.69. The van der Waals surface area contributed by atoms with Crippen LogP contribution in [0.4, 0.5) is 5.69 Å². The number of azo groups is 1. The van der Waals surface area contributed by atoms with Crippen LogP contribution < -0.4 is 4.74 Å². The molecule has 29 heavy (non-hydrogen) atoms. The van der Waals surface area contributed by atoms with Gasteiger partial charge in [-0.1, -0.05) is 42.1 Å². The third-order valence-corrected chi connectivity index (χ3v) is 5.49. The molecule has 1 amide bonds. The summed E-state index contributed by atoms with van der Waals surface area (Å²) in [5, 5.41) is 18.6. The van der Waals surface area contributed by atoms with Crippen LogP contribution in [-0.4, -0.2) is 22.6 Å². The van der Waals surface area contributed by atoms with Crippen LogP contribution in [0.5, 0.6) is 11.6 Å². The summed E-state index contributed by atoms with van der Waals surface area (Å²) >= 11 is 3.46. The van der Waals surface area contributed by atoms with Gasteiger partial charge in [0.1, 0.15) is 5.75 Å². The number of aryl methyl sites for hydroxylation is 1. The van der Waals surface area contributed by atoms with Crippen LogP contribution in [0.2, 0.25) is 0 Å². The van der Waals surface area contributed by atoms with Crippen LogP contribution in [-0.2, 0) is 0 Å². The van der Waals surface area contributed by atoms with E-state index in [0.717, 1.165) is 28.6 Å². The minimum atomic E-state index is -0.484. The molecule has 0 aliphatic carbocycles. The third-order valence-electron chi connectivity index (χ3n) is 4.64. The molecule has 0 aliphatic rings. The Hall–Kier alpha value is -2.67. The Kier molecular flexibility index (Phi) is 7.04. The smallest absolute Gasteiger partial charge is 0.295 e. The summed E-state index contributed by atoms with van der Waals surface area (Å²) < 4.78 is 6.60. The quantitative estimate of drug-likeness (QED) is 0.287. The fourth-order valence-electron chi connectivity index (χ4n) is 2.96. The molecule has 0 radical (unpaired) electrons. The van der Waals surface area contributed by atoms with Gasteiger partial charge in [0.05, 0.1) is 12.1 Å². The molecule has 6 nitrogen and oxygen atoms in total. The van der Waals surface area contributed by atoms with Crippen molar-refractivity contribution in [3.8, 4) is 11.6 Å². The van der Waals surface area contributed by atoms with Crippen molar-refractivity contribution in [2.24, 2.45) is 10.2 Å². The van der Waals surface area contributed by atoms with E-state index in [9.17, 15) is 9.90 Å². The fourth-order valence-corrected chi connectivity index (χ4v) is 3.31. The Bertz CT molecular complexity index is 1030. The first-order valence-corrected chi connectivity index (χ1v) is 10.5. The largest absolute Gasteiger partial charge is 0.494 e. The highest BCUT2D eigenvalue weighted by Gasteiger charge is 2.13. The Morgan fingerprint density at radius 3 is 2.66 bits per heavy atom. The number of nitrogens with zero attached hydrogens (tertiary/aromatic N) is 2. The number of nitrogens with one attached hydrogen (secondary N) is 1. The van der Waals surface area contributed by atoms with Crippen molar-refractivity contribution in [3.63, 3.8) is 0 Å². The second-order valence-corrected chi connectivity index (χ2v) is 7.76. The predicted octanol–water partition coefficient (Wildman–Crippen LogP) is 6.83. The number of carbonyl (C=O) groups is 1. The van der Waals surface area contributed by atoms with Gasteiger partial charge in [0, 0.05) is 15.4 Å². The summed E-state index contributed by atoms with van der Waals surface area (Å²) in [6.07, 6.45) is 4.58. The molecule has 0 spiro atoms. The van der Waals surface area contributed by atoms with Crippen molar-refractivity contribution < 1.29 is 14.6 Å². The van der Waals surface area contributed by atoms with E-state index in [-0.39, 0.29) is 11.6 Å². The van der Waals surface area contributed by atoms with Crippen molar-refractivity contribution >= 4 is 38.4 Å². The molecule has 0 bridgehead atoms. The highest BCUT2D eigenvalue weighted by atomic mass is 79.9. The summed E-state index contributed by atoms with van der Waals surface area (Å²) in [5.74, 6) is 0.119. The van der Waals surface area contributed by atoms with E-state index < -0.39 is 5.91 Å². The number of halogens is 1. The molecular weight excluding hydrogens is 434 g/mol. The van der Waals surface area contributed by atoms with Crippen molar-refractivity contribution in [2.45, 2.75) is 39.5 Å². The number of benzene rings is 2. The number of hydrogen-bond acceptors (Lipinski definition) is 4. The van der Waals surface area contributed by atoms with E-state index in [0.29, 0.717) is 23.1 Å². The zero-order chi connectivity index (χ0) is 20.8. The van der Waals surface area contributed by atoms with Crippen molar-refractivity contribution in [1.29, 1.82) is 0 Å². The van der Waals surface area contributed by atoms with Crippen molar-refractivity contribution in [1.82, 2.24) is 4.98 Å². The Morgan fingerprint density at radius 1 is 1.17 bits per heavy atom. The standard InChI is InChI=1S/C22H24BrN3O3/c1-3-4-5-6-11-29-16-9-7-15(8-10-16)21(27)26-25-20-17-12-14(2)18(23)13-19(17)24-22(20)28/h7-10,12-13,24,28H,3-6,11H2,1-2H3. The number of H-pyrrole nitrogens is 1. The molecule has 2 N–H and O–H groups in total. The van der Waals surface area contributed by atoms with Gasteiger partial charge in [-0.25, -0.2) is 0 Å². The monoisotopic (exact) mass is 457 g/mol. The Balaban J connectivity index is 1.67.